The summed E-state index contributed by atoms with van der Waals surface area (Å²) in [4.78, 5) is 19.1. The van der Waals surface area contributed by atoms with Gasteiger partial charge in [0.2, 0.25) is 0 Å². The maximum atomic E-state index is 14.2. The maximum absolute atomic E-state index is 14.2. The van der Waals surface area contributed by atoms with Crippen LogP contribution in [-0.2, 0) is 9.84 Å². The second kappa shape index (κ2) is 10.4. The van der Waals surface area contributed by atoms with Crippen molar-refractivity contribution in [2.75, 3.05) is 11.5 Å². The third kappa shape index (κ3) is 5.02. The number of rotatable bonds is 6. The lowest BCUT2D eigenvalue weighted by Crippen LogP contribution is -2.29. The number of benzene rings is 3. The molecule has 1 saturated heterocycles. The first-order valence-corrected chi connectivity index (χ1v) is 15.2. The predicted molar refractivity (Wildman–Crippen MR) is 157 cm³/mol. The zero-order valence-corrected chi connectivity index (χ0v) is 23.2. The number of carbonyl (C=O) groups is 1. The molecule has 8 heteroatoms. The van der Waals surface area contributed by atoms with Crippen molar-refractivity contribution in [1.29, 1.82) is 0 Å². The monoisotopic (exact) mass is 550 g/mol. The Hall–Kier alpha value is -4.30. The number of nitrogens with one attached hydrogen (secondary N) is 1. The Morgan fingerprint density at radius 2 is 1.55 bits per heavy atom. The molecular weight excluding hydrogens is 520 g/mol. The molecule has 6 rings (SSSR count). The van der Waals surface area contributed by atoms with Crippen molar-refractivity contribution >= 4 is 26.8 Å². The van der Waals surface area contributed by atoms with Crippen LogP contribution in [0.15, 0.2) is 91.0 Å². The van der Waals surface area contributed by atoms with Crippen molar-refractivity contribution in [3.8, 4) is 11.3 Å². The fraction of sp³-hybridized carbons (Fsp3) is 0.219. The fourth-order valence-electron chi connectivity index (χ4n) is 5.45. The van der Waals surface area contributed by atoms with Gasteiger partial charge in [-0.2, -0.15) is 5.10 Å². The van der Waals surface area contributed by atoms with Crippen LogP contribution in [0.4, 0.5) is 0 Å². The number of fused-ring (bicyclic) bond motifs is 1. The lowest BCUT2D eigenvalue weighted by Gasteiger charge is -2.20. The summed E-state index contributed by atoms with van der Waals surface area (Å²) in [6, 6.07) is 28.9. The average molecular weight is 551 g/mol. The van der Waals surface area contributed by atoms with Crippen LogP contribution in [0, 0.1) is 13.8 Å². The third-order valence-corrected chi connectivity index (χ3v) is 9.27. The SMILES string of the molecule is Cc1ccc(-c2cc(C(=O)NC(c3ccccc3)c3ccccc3)c3c(C)nn(C4CCS(=O)(=O)C4)c3n2)cc1. The summed E-state index contributed by atoms with van der Waals surface area (Å²) >= 11 is 0. The molecule has 0 saturated carbocycles. The molecule has 40 heavy (non-hydrogen) atoms. The Labute approximate surface area is 233 Å². The Morgan fingerprint density at radius 3 is 2.12 bits per heavy atom. The van der Waals surface area contributed by atoms with Gasteiger partial charge in [0.25, 0.3) is 5.91 Å². The Balaban J connectivity index is 1.50. The van der Waals surface area contributed by atoms with E-state index >= 15 is 0 Å². The van der Waals surface area contributed by atoms with Gasteiger partial charge in [0.15, 0.2) is 15.5 Å². The van der Waals surface area contributed by atoms with Crippen LogP contribution in [-0.4, -0.2) is 40.6 Å². The molecule has 1 N–H and O–H groups in total. The number of aromatic nitrogens is 3. The van der Waals surface area contributed by atoms with Gasteiger partial charge >= 0.3 is 0 Å². The molecule has 7 nitrogen and oxygen atoms in total. The number of sulfone groups is 1. The highest BCUT2D eigenvalue weighted by Crippen LogP contribution is 2.33. The van der Waals surface area contributed by atoms with Crippen molar-refractivity contribution in [2.24, 2.45) is 0 Å². The molecule has 3 heterocycles. The number of nitrogens with zero attached hydrogens (tertiary/aromatic N) is 3. The molecule has 0 spiro atoms. The van der Waals surface area contributed by atoms with Gasteiger partial charge in [-0.1, -0.05) is 90.5 Å². The molecule has 1 fully saturated rings. The van der Waals surface area contributed by atoms with Gasteiger partial charge < -0.3 is 5.32 Å². The van der Waals surface area contributed by atoms with E-state index in [1.807, 2.05) is 105 Å². The van der Waals surface area contributed by atoms with E-state index in [0.717, 1.165) is 22.3 Å². The van der Waals surface area contributed by atoms with Crippen LogP contribution < -0.4 is 5.32 Å². The van der Waals surface area contributed by atoms with Gasteiger partial charge in [-0.25, -0.2) is 18.1 Å². The lowest BCUT2D eigenvalue weighted by atomic mass is 9.97. The fourth-order valence-corrected chi connectivity index (χ4v) is 7.14. The molecule has 1 aliphatic rings. The molecule has 1 unspecified atom stereocenters. The zero-order chi connectivity index (χ0) is 27.9. The second-order valence-electron chi connectivity index (χ2n) is 10.4. The first-order chi connectivity index (χ1) is 19.3. The number of amides is 1. The lowest BCUT2D eigenvalue weighted by molar-refractivity contribution is 0.0944. The highest BCUT2D eigenvalue weighted by Gasteiger charge is 2.33. The molecule has 0 bridgehead atoms. The predicted octanol–water partition coefficient (Wildman–Crippen LogP) is 5.59. The van der Waals surface area contributed by atoms with Crippen LogP contribution in [0.5, 0.6) is 0 Å². The van der Waals surface area contributed by atoms with E-state index in [4.69, 9.17) is 10.1 Å². The summed E-state index contributed by atoms with van der Waals surface area (Å²) in [5.41, 5.74) is 6.19. The molecule has 1 amide bonds. The van der Waals surface area contributed by atoms with Crippen LogP contribution in [0.2, 0.25) is 0 Å². The molecule has 1 atom stereocenters. The van der Waals surface area contributed by atoms with Crippen molar-refractivity contribution in [2.45, 2.75) is 32.4 Å². The minimum absolute atomic E-state index is 0.0191. The molecule has 1 aliphatic heterocycles. The third-order valence-electron chi connectivity index (χ3n) is 7.52. The standard InChI is InChI=1S/C32H30N4O3S/c1-21-13-15-23(16-14-21)28-19-27(29-22(2)35-36(31(29)33-28)26-17-18-40(38,39)20-26)32(37)34-30(24-9-5-3-6-10-24)25-11-7-4-8-12-25/h3-16,19,26,30H,17-18,20H2,1-2H3,(H,34,37). The van der Waals surface area contributed by atoms with Crippen LogP contribution in [0.1, 0.15) is 51.2 Å². The molecule has 5 aromatic rings. The minimum Gasteiger partial charge on any atom is -0.341 e. The van der Waals surface area contributed by atoms with E-state index in [1.54, 1.807) is 4.68 Å². The summed E-state index contributed by atoms with van der Waals surface area (Å²) in [6.07, 6.45) is 0.473. The van der Waals surface area contributed by atoms with Gasteiger partial charge in [-0.05, 0) is 37.5 Å². The van der Waals surface area contributed by atoms with Gasteiger partial charge in [-0.3, -0.25) is 4.79 Å². The van der Waals surface area contributed by atoms with Crippen molar-refractivity contribution in [3.05, 3.63) is 119 Å². The maximum Gasteiger partial charge on any atom is 0.252 e. The summed E-state index contributed by atoms with van der Waals surface area (Å²) < 4.78 is 26.4. The van der Waals surface area contributed by atoms with Crippen LogP contribution in [0.25, 0.3) is 22.3 Å². The van der Waals surface area contributed by atoms with Gasteiger partial charge in [0.05, 0.1) is 45.9 Å². The second-order valence-corrected chi connectivity index (χ2v) is 12.7. The zero-order valence-electron chi connectivity index (χ0n) is 22.4. The van der Waals surface area contributed by atoms with Gasteiger partial charge in [0.1, 0.15) is 0 Å². The smallest absolute Gasteiger partial charge is 0.252 e. The number of pyridine rings is 1. The number of hydrogen-bond donors (Lipinski definition) is 1. The van der Waals surface area contributed by atoms with Crippen molar-refractivity contribution in [3.63, 3.8) is 0 Å². The molecular formula is C32H30N4O3S. The van der Waals surface area contributed by atoms with E-state index in [2.05, 4.69) is 5.32 Å². The Morgan fingerprint density at radius 1 is 0.925 bits per heavy atom. The van der Waals surface area contributed by atoms with E-state index in [9.17, 15) is 13.2 Å². The molecule has 2 aromatic heterocycles. The average Bonchev–Trinajstić information content (AvgIpc) is 3.50. The molecule has 0 radical (unpaired) electrons. The first-order valence-electron chi connectivity index (χ1n) is 13.4. The van der Waals surface area contributed by atoms with Crippen molar-refractivity contribution in [1.82, 2.24) is 20.1 Å². The Bertz CT molecular complexity index is 1760. The molecule has 0 aliphatic carbocycles. The minimum atomic E-state index is -3.14. The summed E-state index contributed by atoms with van der Waals surface area (Å²) in [6.45, 7) is 3.86. The topological polar surface area (TPSA) is 94.0 Å². The summed E-state index contributed by atoms with van der Waals surface area (Å²) in [5, 5.41) is 8.64. The number of hydrogen-bond acceptors (Lipinski definition) is 5. The van der Waals surface area contributed by atoms with Crippen LogP contribution in [0.3, 0.4) is 0 Å². The molecule has 202 valence electrons. The normalized spacial score (nSPS) is 16.4. The quantitative estimate of drug-likeness (QED) is 0.297. The largest absolute Gasteiger partial charge is 0.341 e. The summed E-state index contributed by atoms with van der Waals surface area (Å²) in [7, 11) is -3.14. The van der Waals surface area contributed by atoms with Crippen molar-refractivity contribution < 1.29 is 13.2 Å². The highest BCUT2D eigenvalue weighted by atomic mass is 32.2. The van der Waals surface area contributed by atoms with E-state index in [0.29, 0.717) is 34.4 Å². The van der Waals surface area contributed by atoms with Gasteiger partial charge in [-0.15, -0.1) is 0 Å². The summed E-state index contributed by atoms with van der Waals surface area (Å²) in [5.74, 6) is -0.107. The van der Waals surface area contributed by atoms with E-state index in [-0.39, 0.29) is 29.5 Å². The highest BCUT2D eigenvalue weighted by molar-refractivity contribution is 7.91. The Kier molecular flexibility index (Phi) is 6.72. The number of carbonyl (C=O) groups excluding carboxylic acids is 1. The van der Waals surface area contributed by atoms with E-state index in [1.165, 1.54) is 0 Å². The van der Waals surface area contributed by atoms with E-state index < -0.39 is 9.84 Å². The first kappa shape index (κ1) is 26.0. The number of aryl methyl sites for hydroxylation is 2. The van der Waals surface area contributed by atoms with Gasteiger partial charge in [0, 0.05) is 5.56 Å². The van der Waals surface area contributed by atoms with Crippen LogP contribution >= 0.6 is 0 Å². The molecule has 3 aromatic carbocycles.